The molecular weight excluding hydrogens is 398 g/mol. The van der Waals surface area contributed by atoms with E-state index in [-0.39, 0.29) is 35.1 Å². The van der Waals surface area contributed by atoms with Gasteiger partial charge in [-0.25, -0.2) is 4.98 Å². The first-order valence-corrected chi connectivity index (χ1v) is 10.6. The molecule has 0 aromatic carbocycles. The summed E-state index contributed by atoms with van der Waals surface area (Å²) in [5.74, 6) is -1.37. The van der Waals surface area contributed by atoms with Gasteiger partial charge in [0.05, 0.1) is 12.1 Å². The second kappa shape index (κ2) is 10.9. The zero-order chi connectivity index (χ0) is 23.1. The van der Waals surface area contributed by atoms with Gasteiger partial charge >= 0.3 is 0 Å². The van der Waals surface area contributed by atoms with Gasteiger partial charge in [0.25, 0.3) is 5.91 Å². The van der Waals surface area contributed by atoms with Crippen molar-refractivity contribution >= 4 is 23.4 Å². The number of nitrogens with one attached hydrogen (secondary N) is 3. The first kappa shape index (κ1) is 24.3. The molecule has 1 saturated carbocycles. The van der Waals surface area contributed by atoms with Crippen LogP contribution >= 0.6 is 0 Å². The SMILES string of the molecule is CN=C(C)C(NC(=O)c1ncccc1O)C(C)NC(=O)C(NC(=O)C(C)C)C1CCC1. The number of carbonyl (C=O) groups excluding carboxylic acids is 3. The molecule has 31 heavy (non-hydrogen) atoms. The smallest absolute Gasteiger partial charge is 0.274 e. The molecule has 4 N–H and O–H groups in total. The molecule has 0 saturated heterocycles. The van der Waals surface area contributed by atoms with Gasteiger partial charge in [-0.1, -0.05) is 20.3 Å². The van der Waals surface area contributed by atoms with Crippen LogP contribution < -0.4 is 16.0 Å². The van der Waals surface area contributed by atoms with E-state index < -0.39 is 24.0 Å². The Hall–Kier alpha value is -2.97. The van der Waals surface area contributed by atoms with E-state index in [1.165, 1.54) is 18.3 Å². The molecule has 3 atom stereocenters. The largest absolute Gasteiger partial charge is 0.505 e. The Morgan fingerprint density at radius 1 is 1.13 bits per heavy atom. The van der Waals surface area contributed by atoms with Crippen molar-refractivity contribution in [2.45, 2.75) is 65.1 Å². The van der Waals surface area contributed by atoms with E-state index in [1.807, 2.05) is 0 Å². The molecule has 1 aromatic rings. The Labute approximate surface area is 183 Å². The molecule has 0 aliphatic heterocycles. The van der Waals surface area contributed by atoms with Crippen molar-refractivity contribution in [3.63, 3.8) is 0 Å². The first-order valence-electron chi connectivity index (χ1n) is 10.6. The summed E-state index contributed by atoms with van der Waals surface area (Å²) in [5, 5.41) is 18.5. The van der Waals surface area contributed by atoms with Crippen LogP contribution in [0, 0.1) is 11.8 Å². The third kappa shape index (κ3) is 6.26. The molecule has 2 rings (SSSR count). The summed E-state index contributed by atoms with van der Waals surface area (Å²) in [6, 6.07) is 1.16. The minimum Gasteiger partial charge on any atom is -0.505 e. The van der Waals surface area contributed by atoms with Gasteiger partial charge in [0, 0.05) is 24.9 Å². The average Bonchev–Trinajstić information content (AvgIpc) is 2.69. The fraction of sp³-hybridized carbons (Fsp3) is 0.591. The van der Waals surface area contributed by atoms with Gasteiger partial charge in [-0.15, -0.1) is 0 Å². The van der Waals surface area contributed by atoms with Gasteiger partial charge in [0.15, 0.2) is 5.69 Å². The van der Waals surface area contributed by atoms with Crippen LogP contribution in [0.25, 0.3) is 0 Å². The molecule has 1 aliphatic carbocycles. The number of aromatic nitrogens is 1. The highest BCUT2D eigenvalue weighted by Crippen LogP contribution is 2.30. The number of hydrogen-bond donors (Lipinski definition) is 4. The molecule has 0 radical (unpaired) electrons. The molecule has 3 amide bonds. The molecule has 0 spiro atoms. The fourth-order valence-electron chi connectivity index (χ4n) is 3.40. The molecule has 0 bridgehead atoms. The van der Waals surface area contributed by atoms with E-state index >= 15 is 0 Å². The number of amides is 3. The minimum atomic E-state index is -0.620. The predicted molar refractivity (Wildman–Crippen MR) is 118 cm³/mol. The van der Waals surface area contributed by atoms with Crippen molar-refractivity contribution in [2.24, 2.45) is 16.8 Å². The van der Waals surface area contributed by atoms with Crippen molar-refractivity contribution in [3.05, 3.63) is 24.0 Å². The molecule has 3 unspecified atom stereocenters. The van der Waals surface area contributed by atoms with E-state index in [4.69, 9.17) is 0 Å². The highest BCUT2D eigenvalue weighted by molar-refractivity contribution is 5.99. The second-order valence-electron chi connectivity index (χ2n) is 8.32. The molecular formula is C22H33N5O4. The van der Waals surface area contributed by atoms with Gasteiger partial charge in [0.1, 0.15) is 11.8 Å². The Bertz CT molecular complexity index is 835. The van der Waals surface area contributed by atoms with Crippen molar-refractivity contribution in [2.75, 3.05) is 7.05 Å². The Morgan fingerprint density at radius 3 is 2.32 bits per heavy atom. The molecule has 1 aliphatic rings. The van der Waals surface area contributed by atoms with Crippen LogP contribution in [-0.2, 0) is 9.59 Å². The summed E-state index contributed by atoms with van der Waals surface area (Å²) in [4.78, 5) is 46.0. The van der Waals surface area contributed by atoms with Crippen molar-refractivity contribution < 1.29 is 19.5 Å². The Balaban J connectivity index is 2.13. The highest BCUT2D eigenvalue weighted by atomic mass is 16.3. The number of rotatable bonds is 9. The van der Waals surface area contributed by atoms with Gasteiger partial charge in [-0.3, -0.25) is 19.4 Å². The lowest BCUT2D eigenvalue weighted by atomic mass is 9.79. The second-order valence-corrected chi connectivity index (χ2v) is 8.32. The van der Waals surface area contributed by atoms with Crippen molar-refractivity contribution in [1.29, 1.82) is 0 Å². The van der Waals surface area contributed by atoms with Gasteiger partial charge in [-0.2, -0.15) is 0 Å². The summed E-state index contributed by atoms with van der Waals surface area (Å²) in [7, 11) is 1.60. The van der Waals surface area contributed by atoms with Gasteiger partial charge in [-0.05, 0) is 44.7 Å². The molecule has 1 heterocycles. The number of nitrogens with zero attached hydrogens (tertiary/aromatic N) is 2. The molecule has 9 nitrogen and oxygen atoms in total. The molecule has 1 fully saturated rings. The topological polar surface area (TPSA) is 133 Å². The van der Waals surface area contributed by atoms with Crippen molar-refractivity contribution in [3.8, 4) is 5.75 Å². The lowest BCUT2D eigenvalue weighted by Crippen LogP contribution is -2.59. The van der Waals surface area contributed by atoms with E-state index in [2.05, 4.69) is 25.9 Å². The summed E-state index contributed by atoms with van der Waals surface area (Å²) >= 11 is 0. The monoisotopic (exact) mass is 431 g/mol. The van der Waals surface area contributed by atoms with Crippen LogP contribution in [0.5, 0.6) is 5.75 Å². The molecule has 170 valence electrons. The zero-order valence-corrected chi connectivity index (χ0v) is 18.8. The predicted octanol–water partition coefficient (Wildman–Crippen LogP) is 1.42. The lowest BCUT2D eigenvalue weighted by Gasteiger charge is -2.35. The summed E-state index contributed by atoms with van der Waals surface area (Å²) < 4.78 is 0. The van der Waals surface area contributed by atoms with Crippen LogP contribution in [0.3, 0.4) is 0 Å². The normalized spacial score (nSPS) is 17.3. The van der Waals surface area contributed by atoms with E-state index in [0.717, 1.165) is 19.3 Å². The number of aliphatic imine (C=N–C) groups is 1. The standard InChI is InChI=1S/C22H33N5O4/c1-12(2)20(29)27-18(15-8-6-9-15)21(30)25-14(4)17(13(3)23-5)26-22(31)19-16(28)10-7-11-24-19/h7,10-12,14-15,17-18,28H,6,8-9H2,1-5H3,(H,25,30)(H,26,31)(H,27,29). The van der Waals surface area contributed by atoms with Gasteiger partial charge in [0.2, 0.25) is 11.8 Å². The highest BCUT2D eigenvalue weighted by Gasteiger charge is 2.36. The third-order valence-corrected chi connectivity index (χ3v) is 5.69. The van der Waals surface area contributed by atoms with E-state index in [0.29, 0.717) is 5.71 Å². The average molecular weight is 432 g/mol. The fourth-order valence-corrected chi connectivity index (χ4v) is 3.40. The van der Waals surface area contributed by atoms with Crippen LogP contribution in [0.4, 0.5) is 0 Å². The minimum absolute atomic E-state index is 0.105. The summed E-state index contributed by atoms with van der Waals surface area (Å²) in [6.45, 7) is 7.08. The number of hydrogen-bond acceptors (Lipinski definition) is 6. The number of aromatic hydroxyl groups is 1. The first-order chi connectivity index (χ1) is 14.6. The van der Waals surface area contributed by atoms with Crippen LogP contribution in [0.15, 0.2) is 23.3 Å². The third-order valence-electron chi connectivity index (χ3n) is 5.69. The maximum atomic E-state index is 13.0. The van der Waals surface area contributed by atoms with Crippen LogP contribution in [0.1, 0.15) is 57.4 Å². The van der Waals surface area contributed by atoms with Gasteiger partial charge < -0.3 is 21.1 Å². The Kier molecular flexibility index (Phi) is 8.53. The van der Waals surface area contributed by atoms with Crippen LogP contribution in [-0.4, -0.2) is 58.7 Å². The summed E-state index contributed by atoms with van der Waals surface area (Å²) in [5.41, 5.74) is 0.495. The maximum Gasteiger partial charge on any atom is 0.274 e. The van der Waals surface area contributed by atoms with Crippen LogP contribution in [0.2, 0.25) is 0 Å². The van der Waals surface area contributed by atoms with E-state index in [1.54, 1.807) is 34.7 Å². The summed E-state index contributed by atoms with van der Waals surface area (Å²) in [6.07, 6.45) is 4.23. The quantitative estimate of drug-likeness (QED) is 0.439. The zero-order valence-electron chi connectivity index (χ0n) is 18.8. The molecule has 1 aromatic heterocycles. The van der Waals surface area contributed by atoms with E-state index in [9.17, 15) is 19.5 Å². The van der Waals surface area contributed by atoms with Crippen molar-refractivity contribution in [1.82, 2.24) is 20.9 Å². The number of pyridine rings is 1. The lowest BCUT2D eigenvalue weighted by molar-refractivity contribution is -0.133. The maximum absolute atomic E-state index is 13.0. The Morgan fingerprint density at radius 2 is 1.81 bits per heavy atom. The number of carbonyl (C=O) groups is 3. The molecule has 9 heteroatoms.